The Morgan fingerprint density at radius 2 is 1.39 bits per heavy atom. The number of hydrogen-bond donors (Lipinski definition) is 1. The van der Waals surface area contributed by atoms with E-state index in [4.69, 9.17) is 9.97 Å². The molecule has 0 aliphatic carbocycles. The van der Waals surface area contributed by atoms with Crippen molar-refractivity contribution in [3.8, 4) is 38.7 Å². The van der Waals surface area contributed by atoms with Crippen molar-refractivity contribution in [2.24, 2.45) is 0 Å². The first-order valence-electron chi connectivity index (χ1n) is 13.6. The van der Waals surface area contributed by atoms with Crippen molar-refractivity contribution >= 4 is 32.3 Å². The van der Waals surface area contributed by atoms with Gasteiger partial charge in [-0.05, 0) is 51.4 Å². The molecule has 0 spiro atoms. The van der Waals surface area contributed by atoms with Crippen molar-refractivity contribution in [3.05, 3.63) is 102 Å². The third-order valence-corrected chi connectivity index (χ3v) is 8.49. The van der Waals surface area contributed by atoms with Gasteiger partial charge < -0.3 is 5.11 Å². The van der Waals surface area contributed by atoms with Gasteiger partial charge in [0, 0.05) is 37.7 Å². The fourth-order valence-electron chi connectivity index (χ4n) is 5.05. The fraction of sp³-hybridized carbons (Fsp3) is 0.222. The molecule has 0 bridgehead atoms. The molecule has 0 aliphatic rings. The summed E-state index contributed by atoms with van der Waals surface area (Å²) >= 11 is 1.62. The topological polar surface area (TPSA) is 46.0 Å². The van der Waals surface area contributed by atoms with Crippen LogP contribution in [0.3, 0.4) is 0 Å². The molecule has 0 fully saturated rings. The van der Waals surface area contributed by atoms with Gasteiger partial charge in [-0.1, -0.05) is 95.1 Å². The van der Waals surface area contributed by atoms with Crippen molar-refractivity contribution in [2.45, 2.75) is 52.4 Å². The van der Waals surface area contributed by atoms with E-state index >= 15 is 0 Å². The summed E-state index contributed by atoms with van der Waals surface area (Å²) in [5.41, 5.74) is 7.96. The molecule has 210 valence electrons. The van der Waals surface area contributed by atoms with E-state index < -0.39 is 0 Å². The molecule has 6 aromatic rings. The van der Waals surface area contributed by atoms with Crippen LogP contribution >= 0.6 is 11.3 Å². The van der Waals surface area contributed by atoms with E-state index in [1.807, 2.05) is 24.4 Å². The third-order valence-electron chi connectivity index (χ3n) is 7.45. The van der Waals surface area contributed by atoms with Crippen molar-refractivity contribution in [2.75, 3.05) is 0 Å². The first kappa shape index (κ1) is 29.2. The number of phenolic OH excluding ortho intramolecular Hbond substituents is 1. The van der Waals surface area contributed by atoms with Crippen molar-refractivity contribution in [1.29, 1.82) is 0 Å². The van der Waals surface area contributed by atoms with E-state index in [9.17, 15) is 5.11 Å². The standard InChI is InChI=1S/C36H33N2OS.Pt/c1-35(2,3)25-18-23(17-24(19-25)32-27-12-8-7-11-22(27)15-16-37-32)29-20-26(36(4,5)6)21-31-33(29)38-34(40-31)28-13-9-10-14-30(28)39;/h7-16,18-21,39H,1-6H3;/q-1;. The number of aromatic hydroxyl groups is 1. The molecule has 0 radical (unpaired) electrons. The second kappa shape index (κ2) is 10.8. The van der Waals surface area contributed by atoms with Crippen LogP contribution in [0.2, 0.25) is 0 Å². The predicted octanol–water partition coefficient (Wildman–Crippen LogP) is 9.94. The van der Waals surface area contributed by atoms with E-state index in [2.05, 4.69) is 102 Å². The maximum atomic E-state index is 10.6. The summed E-state index contributed by atoms with van der Waals surface area (Å²) in [4.78, 5) is 9.95. The number of aromatic nitrogens is 2. The smallest absolute Gasteiger partial charge is 0.127 e. The van der Waals surface area contributed by atoms with Crippen LogP contribution in [0.4, 0.5) is 0 Å². The Bertz CT molecular complexity index is 1890. The van der Waals surface area contributed by atoms with Crippen LogP contribution < -0.4 is 0 Å². The normalized spacial score (nSPS) is 12.0. The number of hydrogen-bond acceptors (Lipinski definition) is 4. The molecule has 1 N–H and O–H groups in total. The molecule has 0 amide bonds. The Balaban J connectivity index is 0.00000337. The molecule has 41 heavy (non-hydrogen) atoms. The Labute approximate surface area is 260 Å². The van der Waals surface area contributed by atoms with Crippen LogP contribution in [0.5, 0.6) is 5.75 Å². The molecule has 3 nitrogen and oxygen atoms in total. The largest absolute Gasteiger partial charge is 0.507 e. The van der Waals surface area contributed by atoms with Crippen LogP contribution in [0, 0.1) is 6.07 Å². The molecular formula is C36H33N2OPtS-. The molecule has 0 unspecified atom stereocenters. The van der Waals surface area contributed by atoms with Gasteiger partial charge in [0.1, 0.15) is 10.8 Å². The van der Waals surface area contributed by atoms with Gasteiger partial charge in [-0.2, -0.15) is 0 Å². The van der Waals surface area contributed by atoms with E-state index in [1.165, 1.54) is 11.1 Å². The number of thiazole rings is 1. The number of nitrogens with zero attached hydrogens (tertiary/aromatic N) is 2. The average molecular weight is 737 g/mol. The summed E-state index contributed by atoms with van der Waals surface area (Å²) in [7, 11) is 0. The molecule has 0 saturated carbocycles. The zero-order valence-corrected chi connectivity index (χ0v) is 27.2. The van der Waals surface area contributed by atoms with Crippen molar-refractivity contribution < 1.29 is 26.2 Å². The summed E-state index contributed by atoms with van der Waals surface area (Å²) in [5.74, 6) is 0.241. The Kier molecular flexibility index (Phi) is 7.70. The fourth-order valence-corrected chi connectivity index (χ4v) is 6.11. The van der Waals surface area contributed by atoms with E-state index in [-0.39, 0.29) is 37.6 Å². The minimum Gasteiger partial charge on any atom is -0.507 e. The number of benzene rings is 4. The third kappa shape index (κ3) is 5.61. The first-order chi connectivity index (χ1) is 19.0. The molecule has 0 aliphatic heterocycles. The van der Waals surface area contributed by atoms with Crippen LogP contribution in [0.15, 0.2) is 85.1 Å². The zero-order chi connectivity index (χ0) is 28.2. The molecule has 6 rings (SSSR count). The maximum Gasteiger partial charge on any atom is 0.127 e. The Hall–Kier alpha value is -3.33. The van der Waals surface area contributed by atoms with Gasteiger partial charge >= 0.3 is 0 Å². The molecule has 2 heterocycles. The Morgan fingerprint density at radius 1 is 0.732 bits per heavy atom. The van der Waals surface area contributed by atoms with Gasteiger partial charge in [0.15, 0.2) is 0 Å². The molecule has 0 saturated heterocycles. The second-order valence-corrected chi connectivity index (χ2v) is 13.5. The minimum absolute atomic E-state index is 0. The van der Waals surface area contributed by atoms with Crippen molar-refractivity contribution in [3.63, 3.8) is 0 Å². The van der Waals surface area contributed by atoms with E-state index in [1.54, 1.807) is 17.4 Å². The number of rotatable bonds is 3. The molecule has 0 atom stereocenters. The van der Waals surface area contributed by atoms with E-state index in [0.29, 0.717) is 0 Å². The summed E-state index contributed by atoms with van der Waals surface area (Å²) < 4.78 is 1.10. The van der Waals surface area contributed by atoms with Crippen LogP contribution in [0.1, 0.15) is 52.7 Å². The summed E-state index contributed by atoms with van der Waals surface area (Å²) in [6.07, 6.45) is 1.88. The molecule has 2 aromatic heterocycles. The van der Waals surface area contributed by atoms with Gasteiger partial charge in [0.2, 0.25) is 0 Å². The SMILES string of the molecule is CC(C)(C)c1cc(-c2nccc3ccccc23)[c-]c(-c2cc(C(C)(C)C)cc3sc(-c4ccccc4O)nc23)c1.[Pt]. The molecule has 5 heteroatoms. The second-order valence-electron chi connectivity index (χ2n) is 12.5. The van der Waals surface area contributed by atoms with Gasteiger partial charge in [0.05, 0.1) is 11.1 Å². The quantitative estimate of drug-likeness (QED) is 0.184. The summed E-state index contributed by atoms with van der Waals surface area (Å²) in [6, 6.07) is 30.6. The van der Waals surface area contributed by atoms with Gasteiger partial charge in [-0.15, -0.1) is 40.7 Å². The summed E-state index contributed by atoms with van der Waals surface area (Å²) in [5, 5.41) is 13.7. The number of pyridine rings is 1. The van der Waals surface area contributed by atoms with Crippen LogP contribution in [-0.4, -0.2) is 15.1 Å². The van der Waals surface area contributed by atoms with Gasteiger partial charge in [0.25, 0.3) is 0 Å². The minimum atomic E-state index is -0.0764. The van der Waals surface area contributed by atoms with Gasteiger partial charge in [-0.3, -0.25) is 4.98 Å². The number of phenols is 1. The van der Waals surface area contributed by atoms with Gasteiger partial charge in [-0.25, -0.2) is 4.98 Å². The predicted molar refractivity (Wildman–Crippen MR) is 169 cm³/mol. The van der Waals surface area contributed by atoms with Crippen molar-refractivity contribution in [1.82, 2.24) is 9.97 Å². The Morgan fingerprint density at radius 3 is 2.12 bits per heavy atom. The van der Waals surface area contributed by atoms with Crippen LogP contribution in [-0.2, 0) is 31.9 Å². The average Bonchev–Trinajstić information content (AvgIpc) is 3.35. The monoisotopic (exact) mass is 736 g/mol. The van der Waals surface area contributed by atoms with Crippen LogP contribution in [0.25, 0.3) is 53.9 Å². The molecular weight excluding hydrogens is 704 g/mol. The zero-order valence-electron chi connectivity index (χ0n) is 24.1. The van der Waals surface area contributed by atoms with E-state index in [0.717, 1.165) is 53.9 Å². The summed E-state index contributed by atoms with van der Waals surface area (Å²) in [6.45, 7) is 13.4. The number of para-hydroxylation sites is 1. The maximum absolute atomic E-state index is 10.6. The molecule has 4 aromatic carbocycles. The number of fused-ring (bicyclic) bond motifs is 2. The first-order valence-corrected chi connectivity index (χ1v) is 14.5.